The summed E-state index contributed by atoms with van der Waals surface area (Å²) in [7, 11) is 0. The Hall–Kier alpha value is -1.28. The summed E-state index contributed by atoms with van der Waals surface area (Å²) >= 11 is 0. The average Bonchev–Trinajstić information content (AvgIpc) is 2.86. The molecule has 0 radical (unpaired) electrons. The summed E-state index contributed by atoms with van der Waals surface area (Å²) in [5, 5.41) is 4.93. The maximum Gasteiger partial charge on any atom is 0.134 e. The van der Waals surface area contributed by atoms with E-state index in [2.05, 4.69) is 23.5 Å². The quantitative estimate of drug-likeness (QED) is 0.839. The van der Waals surface area contributed by atoms with Crippen LogP contribution in [0, 0.1) is 0 Å². The third-order valence-corrected chi connectivity index (χ3v) is 4.79. The van der Waals surface area contributed by atoms with Gasteiger partial charge in [-0.3, -0.25) is 0 Å². The first-order valence-corrected chi connectivity index (χ1v) is 7.67. The highest BCUT2D eigenvalue weighted by molar-refractivity contribution is 5.86. The lowest BCUT2D eigenvalue weighted by Crippen LogP contribution is -2.26. The molecule has 0 bridgehead atoms. The van der Waals surface area contributed by atoms with Crippen molar-refractivity contribution in [1.82, 2.24) is 5.32 Å². The van der Waals surface area contributed by atoms with E-state index >= 15 is 0 Å². The van der Waals surface area contributed by atoms with E-state index < -0.39 is 0 Å². The minimum atomic E-state index is 0.716. The zero-order valence-corrected chi connectivity index (χ0v) is 11.4. The van der Waals surface area contributed by atoms with Crippen LogP contribution < -0.4 is 5.32 Å². The summed E-state index contributed by atoms with van der Waals surface area (Å²) in [5.74, 6) is 1.98. The van der Waals surface area contributed by atoms with Gasteiger partial charge in [-0.1, -0.05) is 12.1 Å². The topological polar surface area (TPSA) is 25.2 Å². The second kappa shape index (κ2) is 4.68. The summed E-state index contributed by atoms with van der Waals surface area (Å²) in [6.07, 6.45) is 7.48. The molecule has 1 saturated heterocycles. The largest absolute Gasteiger partial charge is 0.461 e. The third kappa shape index (κ3) is 1.90. The van der Waals surface area contributed by atoms with Crippen molar-refractivity contribution in [3.8, 4) is 0 Å². The molecule has 1 N–H and O–H groups in total. The Morgan fingerprint density at radius 2 is 1.89 bits per heavy atom. The zero-order chi connectivity index (χ0) is 12.7. The molecule has 100 valence electrons. The van der Waals surface area contributed by atoms with E-state index in [0.717, 1.165) is 25.1 Å². The highest BCUT2D eigenvalue weighted by Gasteiger charge is 2.24. The van der Waals surface area contributed by atoms with Crippen molar-refractivity contribution >= 4 is 11.0 Å². The molecule has 0 saturated carbocycles. The Kier molecular flexibility index (Phi) is 2.84. The van der Waals surface area contributed by atoms with Crippen molar-refractivity contribution in [2.24, 2.45) is 0 Å². The molecule has 0 spiro atoms. The number of furan rings is 1. The van der Waals surface area contributed by atoms with Gasteiger partial charge in [0, 0.05) is 17.4 Å². The highest BCUT2D eigenvalue weighted by atomic mass is 16.3. The second-order valence-electron chi connectivity index (χ2n) is 5.96. The Morgan fingerprint density at radius 1 is 1.05 bits per heavy atom. The van der Waals surface area contributed by atoms with Gasteiger partial charge < -0.3 is 9.73 Å². The molecule has 0 unspecified atom stereocenters. The van der Waals surface area contributed by atoms with Crippen LogP contribution in [0.3, 0.4) is 0 Å². The highest BCUT2D eigenvalue weighted by Crippen LogP contribution is 2.38. The predicted octanol–water partition coefficient (Wildman–Crippen LogP) is 3.78. The fraction of sp³-hybridized carbons (Fsp3) is 0.529. The number of hydrogen-bond donors (Lipinski definition) is 1. The van der Waals surface area contributed by atoms with Gasteiger partial charge in [0.15, 0.2) is 0 Å². The molecule has 1 aliphatic heterocycles. The molecule has 1 fully saturated rings. The lowest BCUT2D eigenvalue weighted by atomic mass is 9.85. The Bertz CT molecular complexity index is 593. The van der Waals surface area contributed by atoms with Gasteiger partial charge in [-0.25, -0.2) is 0 Å². The van der Waals surface area contributed by atoms with Gasteiger partial charge in [-0.2, -0.15) is 0 Å². The first kappa shape index (κ1) is 11.5. The van der Waals surface area contributed by atoms with Crippen LogP contribution in [0.25, 0.3) is 11.0 Å². The molecule has 2 aliphatic rings. The average molecular weight is 255 g/mol. The van der Waals surface area contributed by atoms with Crippen LogP contribution in [0.4, 0.5) is 0 Å². The number of nitrogens with one attached hydrogen (secondary N) is 1. The maximum absolute atomic E-state index is 6.11. The van der Waals surface area contributed by atoms with Crippen LogP contribution >= 0.6 is 0 Å². The smallest absolute Gasteiger partial charge is 0.134 e. The van der Waals surface area contributed by atoms with Crippen molar-refractivity contribution in [1.29, 1.82) is 0 Å². The molecule has 2 heterocycles. The minimum Gasteiger partial charge on any atom is -0.461 e. The van der Waals surface area contributed by atoms with Crippen molar-refractivity contribution in [2.75, 3.05) is 13.1 Å². The normalized spacial score (nSPS) is 20.6. The van der Waals surface area contributed by atoms with Crippen molar-refractivity contribution in [3.05, 3.63) is 35.1 Å². The number of rotatable bonds is 1. The van der Waals surface area contributed by atoms with Gasteiger partial charge in [-0.05, 0) is 62.7 Å². The Morgan fingerprint density at radius 3 is 2.79 bits per heavy atom. The first-order valence-electron chi connectivity index (χ1n) is 7.67. The number of benzene rings is 1. The number of fused-ring (bicyclic) bond motifs is 3. The van der Waals surface area contributed by atoms with Crippen LogP contribution in [-0.2, 0) is 12.8 Å². The molecule has 1 aromatic heterocycles. The molecule has 0 amide bonds. The molecular weight excluding hydrogens is 234 g/mol. The summed E-state index contributed by atoms with van der Waals surface area (Å²) in [6.45, 7) is 2.31. The van der Waals surface area contributed by atoms with Gasteiger partial charge in [0.1, 0.15) is 11.3 Å². The van der Waals surface area contributed by atoms with E-state index in [4.69, 9.17) is 4.42 Å². The van der Waals surface area contributed by atoms with Gasteiger partial charge in [0.25, 0.3) is 0 Å². The lowest BCUT2D eigenvalue weighted by Gasteiger charge is -2.24. The van der Waals surface area contributed by atoms with Gasteiger partial charge >= 0.3 is 0 Å². The van der Waals surface area contributed by atoms with E-state index in [-0.39, 0.29) is 0 Å². The number of piperidine rings is 1. The third-order valence-electron chi connectivity index (χ3n) is 4.79. The van der Waals surface area contributed by atoms with Crippen molar-refractivity contribution < 1.29 is 4.42 Å². The molecule has 2 heteroatoms. The van der Waals surface area contributed by atoms with Gasteiger partial charge in [0.05, 0.1) is 0 Å². The van der Waals surface area contributed by atoms with E-state index in [1.165, 1.54) is 48.8 Å². The minimum absolute atomic E-state index is 0.716. The van der Waals surface area contributed by atoms with Crippen LogP contribution in [0.2, 0.25) is 0 Å². The van der Waals surface area contributed by atoms with Gasteiger partial charge in [-0.15, -0.1) is 0 Å². The zero-order valence-electron chi connectivity index (χ0n) is 11.4. The van der Waals surface area contributed by atoms with Crippen LogP contribution in [0.1, 0.15) is 48.5 Å². The molecule has 1 aromatic carbocycles. The standard InChI is InChI=1S/C17H21NO/c1-2-6-15-14(4-1)17-13(5-3-7-16(17)19-15)12-8-10-18-11-9-12/h3,5,7,12,18H,1-2,4,6,8-11H2. The van der Waals surface area contributed by atoms with E-state index in [1.54, 1.807) is 5.56 Å². The molecule has 1 aliphatic carbocycles. The summed E-state index contributed by atoms with van der Waals surface area (Å²) in [4.78, 5) is 0. The summed E-state index contributed by atoms with van der Waals surface area (Å²) < 4.78 is 6.11. The van der Waals surface area contributed by atoms with Crippen LogP contribution in [-0.4, -0.2) is 13.1 Å². The molecule has 0 atom stereocenters. The SMILES string of the molecule is c1cc(C2CCNCC2)c2c3c(oc2c1)CCCC3. The fourth-order valence-electron chi connectivity index (χ4n) is 3.82. The Labute approximate surface area is 114 Å². The predicted molar refractivity (Wildman–Crippen MR) is 77.7 cm³/mol. The lowest BCUT2D eigenvalue weighted by molar-refractivity contribution is 0.462. The molecule has 19 heavy (non-hydrogen) atoms. The first-order chi connectivity index (χ1) is 9.43. The van der Waals surface area contributed by atoms with E-state index in [1.807, 2.05) is 0 Å². The summed E-state index contributed by atoms with van der Waals surface area (Å²) in [6, 6.07) is 6.66. The molecule has 2 nitrogen and oxygen atoms in total. The van der Waals surface area contributed by atoms with Gasteiger partial charge in [0.2, 0.25) is 0 Å². The summed E-state index contributed by atoms with van der Waals surface area (Å²) in [5.41, 5.74) is 4.20. The van der Waals surface area contributed by atoms with Crippen molar-refractivity contribution in [3.63, 3.8) is 0 Å². The molecule has 2 aromatic rings. The van der Waals surface area contributed by atoms with Crippen molar-refractivity contribution in [2.45, 2.75) is 44.4 Å². The number of hydrogen-bond acceptors (Lipinski definition) is 2. The van der Waals surface area contributed by atoms with Crippen LogP contribution in [0.5, 0.6) is 0 Å². The second-order valence-corrected chi connectivity index (χ2v) is 5.96. The number of aryl methyl sites for hydroxylation is 2. The van der Waals surface area contributed by atoms with Crippen LogP contribution in [0.15, 0.2) is 22.6 Å². The maximum atomic E-state index is 6.11. The molecule has 4 rings (SSSR count). The van der Waals surface area contributed by atoms with E-state index in [9.17, 15) is 0 Å². The Balaban J connectivity index is 1.87. The van der Waals surface area contributed by atoms with E-state index in [0.29, 0.717) is 5.92 Å². The molecular formula is C17H21NO. The monoisotopic (exact) mass is 255 g/mol. The fourth-order valence-corrected chi connectivity index (χ4v) is 3.82.